The van der Waals surface area contributed by atoms with Gasteiger partial charge in [0, 0.05) is 37.3 Å². The smallest absolute Gasteiger partial charge is 0.251 e. The third-order valence-electron chi connectivity index (χ3n) is 3.42. The Bertz CT molecular complexity index is 711. The minimum atomic E-state index is -0.0685. The Kier molecular flexibility index (Phi) is 6.74. The average Bonchev–Trinajstić information content (AvgIpc) is 3.02. The van der Waals surface area contributed by atoms with E-state index in [2.05, 4.69) is 25.9 Å². The molecule has 0 radical (unpaired) electrons. The number of hydrogen-bond acceptors (Lipinski definition) is 4. The number of aryl methyl sites for hydroxylation is 1. The minimum absolute atomic E-state index is 0.0685. The molecule has 1 amide bonds. The third kappa shape index (κ3) is 5.34. The molecule has 24 heavy (non-hydrogen) atoms. The molecular formula is C17H23N5OS. The first kappa shape index (κ1) is 17.9. The van der Waals surface area contributed by atoms with Crippen LogP contribution in [-0.4, -0.2) is 37.5 Å². The second-order valence-corrected chi connectivity index (χ2v) is 6.57. The second-order valence-electron chi connectivity index (χ2n) is 5.25. The Morgan fingerprint density at radius 2 is 2.17 bits per heavy atom. The quantitative estimate of drug-likeness (QED) is 0.550. The highest BCUT2D eigenvalue weighted by Gasteiger charge is 2.04. The van der Waals surface area contributed by atoms with Gasteiger partial charge in [-0.3, -0.25) is 9.79 Å². The lowest BCUT2D eigenvalue weighted by Crippen LogP contribution is -2.37. The van der Waals surface area contributed by atoms with E-state index in [1.807, 2.05) is 37.4 Å². The van der Waals surface area contributed by atoms with Crippen molar-refractivity contribution in [3.63, 3.8) is 0 Å². The van der Waals surface area contributed by atoms with Gasteiger partial charge >= 0.3 is 0 Å². The van der Waals surface area contributed by atoms with Gasteiger partial charge in [0.25, 0.3) is 5.91 Å². The SMILES string of the molecule is CN=C(NCCc1cccc(C(=O)NC)c1)NCc1ncc(C)s1. The zero-order valence-electron chi connectivity index (χ0n) is 14.2. The lowest BCUT2D eigenvalue weighted by molar-refractivity contribution is 0.0963. The molecule has 0 aliphatic rings. The van der Waals surface area contributed by atoms with E-state index < -0.39 is 0 Å². The predicted octanol–water partition coefficient (Wildman–Crippen LogP) is 1.72. The molecule has 6 nitrogen and oxygen atoms in total. The number of nitrogens with zero attached hydrogens (tertiary/aromatic N) is 2. The summed E-state index contributed by atoms with van der Waals surface area (Å²) in [6.45, 7) is 3.43. The number of carbonyl (C=O) groups is 1. The molecule has 7 heteroatoms. The molecule has 2 aromatic rings. The van der Waals surface area contributed by atoms with Crippen LogP contribution in [0.1, 0.15) is 25.8 Å². The molecule has 0 spiro atoms. The van der Waals surface area contributed by atoms with E-state index in [-0.39, 0.29) is 5.91 Å². The summed E-state index contributed by atoms with van der Waals surface area (Å²) in [6.07, 6.45) is 2.68. The van der Waals surface area contributed by atoms with Crippen LogP contribution in [0.25, 0.3) is 0 Å². The van der Waals surface area contributed by atoms with Gasteiger partial charge in [0.1, 0.15) is 5.01 Å². The predicted molar refractivity (Wildman–Crippen MR) is 98.6 cm³/mol. The lowest BCUT2D eigenvalue weighted by atomic mass is 10.1. The van der Waals surface area contributed by atoms with Crippen molar-refractivity contribution in [3.05, 3.63) is 51.5 Å². The van der Waals surface area contributed by atoms with Crippen molar-refractivity contribution in [1.29, 1.82) is 0 Å². The normalized spacial score (nSPS) is 11.2. The van der Waals surface area contributed by atoms with Gasteiger partial charge in [0.2, 0.25) is 0 Å². The Hall–Kier alpha value is -2.41. The van der Waals surface area contributed by atoms with Gasteiger partial charge in [0.05, 0.1) is 6.54 Å². The van der Waals surface area contributed by atoms with Crippen LogP contribution in [0.5, 0.6) is 0 Å². The van der Waals surface area contributed by atoms with E-state index in [0.717, 1.165) is 29.5 Å². The molecule has 0 saturated heterocycles. The first-order valence-electron chi connectivity index (χ1n) is 7.79. The van der Waals surface area contributed by atoms with Crippen LogP contribution >= 0.6 is 11.3 Å². The summed E-state index contributed by atoms with van der Waals surface area (Å²) in [5.41, 5.74) is 1.78. The number of carbonyl (C=O) groups excluding carboxylic acids is 1. The topological polar surface area (TPSA) is 78.4 Å². The van der Waals surface area contributed by atoms with E-state index >= 15 is 0 Å². The molecule has 2 rings (SSSR count). The molecular weight excluding hydrogens is 322 g/mol. The zero-order valence-corrected chi connectivity index (χ0v) is 15.0. The monoisotopic (exact) mass is 345 g/mol. The number of nitrogens with one attached hydrogen (secondary N) is 3. The molecule has 0 unspecified atom stereocenters. The average molecular weight is 345 g/mol. The number of rotatable bonds is 6. The third-order valence-corrected chi connectivity index (χ3v) is 4.33. The van der Waals surface area contributed by atoms with E-state index in [1.165, 1.54) is 4.88 Å². The van der Waals surface area contributed by atoms with E-state index in [9.17, 15) is 4.79 Å². The highest BCUT2D eigenvalue weighted by molar-refractivity contribution is 7.11. The number of hydrogen-bond donors (Lipinski definition) is 3. The lowest BCUT2D eigenvalue weighted by Gasteiger charge is -2.11. The number of thiazole rings is 1. The fourth-order valence-electron chi connectivity index (χ4n) is 2.20. The van der Waals surface area contributed by atoms with Crippen LogP contribution in [0.3, 0.4) is 0 Å². The second kappa shape index (κ2) is 9.02. The van der Waals surface area contributed by atoms with E-state index in [1.54, 1.807) is 25.4 Å². The van der Waals surface area contributed by atoms with Crippen LogP contribution in [0.4, 0.5) is 0 Å². The largest absolute Gasteiger partial charge is 0.356 e. The maximum atomic E-state index is 11.7. The molecule has 1 heterocycles. The molecule has 0 bridgehead atoms. The Labute approximate surface area is 146 Å². The van der Waals surface area contributed by atoms with Crippen molar-refractivity contribution >= 4 is 23.2 Å². The van der Waals surface area contributed by atoms with Crippen molar-refractivity contribution < 1.29 is 4.79 Å². The Morgan fingerprint density at radius 1 is 1.33 bits per heavy atom. The molecule has 1 aromatic heterocycles. The van der Waals surface area contributed by atoms with Gasteiger partial charge in [-0.25, -0.2) is 4.98 Å². The van der Waals surface area contributed by atoms with Crippen molar-refractivity contribution in [2.24, 2.45) is 4.99 Å². The minimum Gasteiger partial charge on any atom is -0.356 e. The molecule has 128 valence electrons. The Balaban J connectivity index is 1.80. The molecule has 1 aromatic carbocycles. The van der Waals surface area contributed by atoms with Crippen LogP contribution < -0.4 is 16.0 Å². The van der Waals surface area contributed by atoms with Crippen molar-refractivity contribution in [1.82, 2.24) is 20.9 Å². The molecule has 3 N–H and O–H groups in total. The highest BCUT2D eigenvalue weighted by Crippen LogP contribution is 2.10. The van der Waals surface area contributed by atoms with Gasteiger partial charge in [-0.05, 0) is 31.0 Å². The van der Waals surface area contributed by atoms with Crippen molar-refractivity contribution in [2.45, 2.75) is 19.9 Å². The number of aliphatic imine (C=N–C) groups is 1. The van der Waals surface area contributed by atoms with Crippen LogP contribution in [0, 0.1) is 6.92 Å². The standard InChI is InChI=1S/C17H23N5OS/c1-12-10-21-15(24-12)11-22-17(19-3)20-8-7-13-5-4-6-14(9-13)16(23)18-2/h4-6,9-10H,7-8,11H2,1-3H3,(H,18,23)(H2,19,20,22). The number of guanidine groups is 1. The zero-order chi connectivity index (χ0) is 17.4. The van der Waals surface area contributed by atoms with E-state index in [0.29, 0.717) is 12.1 Å². The number of benzene rings is 1. The summed E-state index contributed by atoms with van der Waals surface area (Å²) < 4.78 is 0. The molecule has 0 aliphatic heterocycles. The molecule has 0 atom stereocenters. The fourth-order valence-corrected chi connectivity index (χ4v) is 2.93. The molecule has 0 saturated carbocycles. The van der Waals surface area contributed by atoms with Gasteiger partial charge in [-0.15, -0.1) is 11.3 Å². The van der Waals surface area contributed by atoms with Gasteiger partial charge < -0.3 is 16.0 Å². The summed E-state index contributed by atoms with van der Waals surface area (Å²) in [5, 5.41) is 10.2. The van der Waals surface area contributed by atoms with Gasteiger partial charge in [-0.1, -0.05) is 12.1 Å². The van der Waals surface area contributed by atoms with Gasteiger partial charge in [-0.2, -0.15) is 0 Å². The summed E-state index contributed by atoms with van der Waals surface area (Å²) in [5.74, 6) is 0.673. The first-order chi connectivity index (χ1) is 11.6. The van der Waals surface area contributed by atoms with Crippen LogP contribution in [-0.2, 0) is 13.0 Å². The molecule has 0 fully saturated rings. The van der Waals surface area contributed by atoms with E-state index in [4.69, 9.17) is 0 Å². The van der Waals surface area contributed by atoms with Crippen LogP contribution in [0.15, 0.2) is 35.5 Å². The highest BCUT2D eigenvalue weighted by atomic mass is 32.1. The number of amides is 1. The van der Waals surface area contributed by atoms with Crippen molar-refractivity contribution in [2.75, 3.05) is 20.6 Å². The number of aromatic nitrogens is 1. The fraction of sp³-hybridized carbons (Fsp3) is 0.353. The maximum Gasteiger partial charge on any atom is 0.251 e. The molecule has 0 aliphatic carbocycles. The first-order valence-corrected chi connectivity index (χ1v) is 8.61. The summed E-state index contributed by atoms with van der Waals surface area (Å²) >= 11 is 1.67. The Morgan fingerprint density at radius 3 is 2.83 bits per heavy atom. The van der Waals surface area contributed by atoms with Gasteiger partial charge in [0.15, 0.2) is 5.96 Å². The maximum absolute atomic E-state index is 11.7. The summed E-state index contributed by atoms with van der Waals surface area (Å²) in [7, 11) is 3.38. The summed E-state index contributed by atoms with van der Waals surface area (Å²) in [6, 6.07) is 7.64. The van der Waals surface area contributed by atoms with Crippen molar-refractivity contribution in [3.8, 4) is 0 Å². The summed E-state index contributed by atoms with van der Waals surface area (Å²) in [4.78, 5) is 21.4. The van der Waals surface area contributed by atoms with Crippen LogP contribution in [0.2, 0.25) is 0 Å².